The van der Waals surface area contributed by atoms with Crippen molar-refractivity contribution < 1.29 is 33.6 Å². The van der Waals surface area contributed by atoms with E-state index in [1.54, 1.807) is 0 Å². The van der Waals surface area contributed by atoms with Gasteiger partial charge in [0.05, 0.1) is 6.04 Å². The predicted octanol–water partition coefficient (Wildman–Crippen LogP) is -0.979. The zero-order valence-corrected chi connectivity index (χ0v) is 31.0. The van der Waals surface area contributed by atoms with E-state index in [0.717, 1.165) is 24.8 Å². The number of nitrogens with two attached hydrogens (primary N) is 2. The minimum atomic E-state index is -1.12. The maximum Gasteiger partial charge on any atom is 0.245 e. The topological polar surface area (TPSA) is 252 Å². The number of nitrogens with one attached hydrogen (secondary N) is 5. The number of carbonyl (C=O) groups excluding carboxylic acids is 5. The van der Waals surface area contributed by atoms with Crippen LogP contribution in [0.25, 0.3) is 0 Å². The molecule has 1 aliphatic heterocycles. The second-order valence-corrected chi connectivity index (χ2v) is 14.5. The van der Waals surface area contributed by atoms with Crippen LogP contribution < -0.4 is 42.4 Å². The summed E-state index contributed by atoms with van der Waals surface area (Å²) in [5, 5.41) is 31.0. The quantitative estimate of drug-likeness (QED) is 0.0428. The second-order valence-electron chi connectivity index (χ2n) is 14.5. The SMILES string of the molecule is CC(=O)N[C@@H](Cc1cc[n+](C)cc1)C(=O)N[C@H](C(=O)N[C@@H](CCCN=C(N)N)C(=O)N[C@@H](CC(C)C)C(=O)N1CCC[C@H]1C(=N)[O-])C1CCCCC1. The third kappa shape index (κ3) is 13.1. The number of carbonyl (C=O) groups is 5. The number of hydrogen-bond acceptors (Lipinski definition) is 8. The molecule has 2 heterocycles. The highest BCUT2D eigenvalue weighted by Crippen LogP contribution is 2.27. The number of aliphatic imine (C=N–C) groups is 1. The lowest BCUT2D eigenvalue weighted by Crippen LogP contribution is -2.60. The molecule has 1 saturated carbocycles. The molecule has 1 saturated heterocycles. The van der Waals surface area contributed by atoms with Gasteiger partial charge >= 0.3 is 0 Å². The predicted molar refractivity (Wildman–Crippen MR) is 193 cm³/mol. The molecule has 1 aliphatic carbocycles. The fraction of sp³-hybridized carbons (Fsp3) is 0.667. The average Bonchev–Trinajstić information content (AvgIpc) is 3.59. The Morgan fingerprint density at radius 3 is 2.15 bits per heavy atom. The van der Waals surface area contributed by atoms with Gasteiger partial charge in [0.15, 0.2) is 18.4 Å². The molecule has 0 aromatic carbocycles. The standard InChI is InChI=1S/C36H58N10O6/c1-22(2)20-28(35(52)46-17-9-13-29(46)31(37)48)43-32(49)26(12-8-16-40-36(38)39)42-34(51)30(25-10-6-5-7-11-25)44-33(50)27(41-23(3)47)21-24-14-18-45(4)19-15-24/h14-15,18-19,22,25-30H,5-13,16-17,20-21H2,1-4H3,(H9-,37,38,39,40,41,42,43,44,47,48,49,50,51)/t26-,27-,28-,29-,30-/m0/s1. The smallest absolute Gasteiger partial charge is 0.245 e. The summed E-state index contributed by atoms with van der Waals surface area (Å²) in [6, 6.07) is -1.20. The van der Waals surface area contributed by atoms with Crippen LogP contribution in [-0.4, -0.2) is 89.6 Å². The summed E-state index contributed by atoms with van der Waals surface area (Å²) < 4.78 is 1.85. The van der Waals surface area contributed by atoms with E-state index >= 15 is 0 Å². The first-order chi connectivity index (χ1) is 24.7. The van der Waals surface area contributed by atoms with Gasteiger partial charge in [0.2, 0.25) is 29.5 Å². The van der Waals surface area contributed by atoms with E-state index in [1.807, 2.05) is 50.0 Å². The molecule has 0 unspecified atom stereocenters. The zero-order valence-electron chi connectivity index (χ0n) is 31.0. The molecule has 2 aliphatic rings. The van der Waals surface area contributed by atoms with Crippen LogP contribution in [0.3, 0.4) is 0 Å². The monoisotopic (exact) mass is 726 g/mol. The third-order valence-corrected chi connectivity index (χ3v) is 9.62. The number of rotatable bonds is 18. The highest BCUT2D eigenvalue weighted by atomic mass is 16.3. The van der Waals surface area contributed by atoms with Gasteiger partial charge in [-0.25, -0.2) is 4.57 Å². The highest BCUT2D eigenvalue weighted by Gasteiger charge is 2.38. The molecule has 1 aromatic heterocycles. The van der Waals surface area contributed by atoms with Crippen molar-refractivity contribution >= 4 is 41.4 Å². The Labute approximate surface area is 306 Å². The van der Waals surface area contributed by atoms with Crippen LogP contribution in [0.1, 0.15) is 90.5 Å². The first-order valence-electron chi connectivity index (χ1n) is 18.4. The normalized spacial score (nSPS) is 18.4. The van der Waals surface area contributed by atoms with E-state index < -0.39 is 65.6 Å². The molecule has 52 heavy (non-hydrogen) atoms. The van der Waals surface area contributed by atoms with E-state index in [1.165, 1.54) is 11.8 Å². The first kappa shape index (κ1) is 41.7. The molecule has 3 rings (SSSR count). The van der Waals surface area contributed by atoms with Gasteiger partial charge in [-0.3, -0.25) is 29.0 Å². The number of hydrogen-bond donors (Lipinski definition) is 7. The number of aromatic nitrogens is 1. The van der Waals surface area contributed by atoms with Gasteiger partial charge < -0.3 is 48.2 Å². The fourth-order valence-electron chi connectivity index (χ4n) is 6.98. The van der Waals surface area contributed by atoms with Crippen molar-refractivity contribution in [2.75, 3.05) is 13.1 Å². The van der Waals surface area contributed by atoms with Crippen molar-refractivity contribution in [3.63, 3.8) is 0 Å². The molecular formula is C36H58N10O6. The van der Waals surface area contributed by atoms with Gasteiger partial charge in [0.1, 0.15) is 31.2 Å². The molecule has 5 amide bonds. The van der Waals surface area contributed by atoms with Crippen LogP contribution in [0.4, 0.5) is 0 Å². The Morgan fingerprint density at radius 1 is 0.923 bits per heavy atom. The molecule has 0 radical (unpaired) electrons. The molecule has 16 nitrogen and oxygen atoms in total. The summed E-state index contributed by atoms with van der Waals surface area (Å²) >= 11 is 0. The second kappa shape index (κ2) is 20.3. The van der Waals surface area contributed by atoms with Crippen molar-refractivity contribution in [2.45, 2.75) is 122 Å². The summed E-state index contributed by atoms with van der Waals surface area (Å²) in [7, 11) is 1.87. The van der Waals surface area contributed by atoms with Crippen LogP contribution in [0, 0.1) is 17.2 Å². The summed E-state index contributed by atoms with van der Waals surface area (Å²) in [4.78, 5) is 73.2. The van der Waals surface area contributed by atoms with Gasteiger partial charge in [-0.15, -0.1) is 0 Å². The van der Waals surface area contributed by atoms with Crippen LogP contribution in [-0.2, 0) is 37.4 Å². The molecule has 5 atom stereocenters. The Bertz CT molecular complexity index is 1420. The summed E-state index contributed by atoms with van der Waals surface area (Å²) in [5.74, 6) is -3.69. The van der Waals surface area contributed by atoms with E-state index in [4.69, 9.17) is 16.9 Å². The van der Waals surface area contributed by atoms with Gasteiger partial charge in [-0.05, 0) is 68.2 Å². The average molecular weight is 727 g/mol. The van der Waals surface area contributed by atoms with Gasteiger partial charge in [0.25, 0.3) is 0 Å². The summed E-state index contributed by atoms with van der Waals surface area (Å²) in [5.41, 5.74) is 11.8. The van der Waals surface area contributed by atoms with Crippen LogP contribution in [0.15, 0.2) is 29.5 Å². The Balaban J connectivity index is 1.87. The minimum absolute atomic E-state index is 0.00182. The van der Waals surface area contributed by atoms with Crippen molar-refractivity contribution in [1.82, 2.24) is 26.2 Å². The first-order valence-corrected chi connectivity index (χ1v) is 18.4. The van der Waals surface area contributed by atoms with Gasteiger partial charge in [-0.2, -0.15) is 0 Å². The molecule has 9 N–H and O–H groups in total. The van der Waals surface area contributed by atoms with Crippen LogP contribution >= 0.6 is 0 Å². The highest BCUT2D eigenvalue weighted by molar-refractivity contribution is 5.96. The Hall–Kier alpha value is -4.76. The number of guanidine groups is 1. The third-order valence-electron chi connectivity index (χ3n) is 9.62. The fourth-order valence-corrected chi connectivity index (χ4v) is 6.98. The number of pyridine rings is 1. The van der Waals surface area contributed by atoms with Crippen molar-refractivity contribution in [1.29, 1.82) is 5.41 Å². The Morgan fingerprint density at radius 2 is 1.56 bits per heavy atom. The number of likely N-dealkylation sites (tertiary alicyclic amines) is 1. The van der Waals surface area contributed by atoms with E-state index in [-0.39, 0.29) is 43.6 Å². The van der Waals surface area contributed by atoms with Crippen LogP contribution in [0.5, 0.6) is 0 Å². The van der Waals surface area contributed by atoms with Crippen LogP contribution in [0.2, 0.25) is 0 Å². The summed E-state index contributed by atoms with van der Waals surface area (Å²) in [6.07, 6.45) is 9.71. The molecule has 1 aromatic rings. The van der Waals surface area contributed by atoms with Gasteiger partial charge in [0, 0.05) is 38.6 Å². The number of aryl methyl sites for hydroxylation is 1. The lowest BCUT2D eigenvalue weighted by molar-refractivity contribution is -0.671. The molecule has 16 heteroatoms. The van der Waals surface area contributed by atoms with Gasteiger partial charge in [-0.1, -0.05) is 33.1 Å². The van der Waals surface area contributed by atoms with E-state index in [0.29, 0.717) is 38.6 Å². The number of nitrogens with zero attached hydrogens (tertiary/aromatic N) is 3. The molecule has 2 fully saturated rings. The minimum Gasteiger partial charge on any atom is -0.861 e. The molecule has 0 bridgehead atoms. The lowest BCUT2D eigenvalue weighted by Gasteiger charge is -2.34. The molecular weight excluding hydrogens is 668 g/mol. The zero-order chi connectivity index (χ0) is 38.4. The van der Waals surface area contributed by atoms with Crippen molar-refractivity contribution in [2.24, 2.45) is 35.3 Å². The van der Waals surface area contributed by atoms with Crippen molar-refractivity contribution in [3.8, 4) is 0 Å². The molecule has 0 spiro atoms. The summed E-state index contributed by atoms with van der Waals surface area (Å²) in [6.45, 7) is 5.63. The molecule has 288 valence electrons. The lowest BCUT2D eigenvalue weighted by atomic mass is 9.83. The van der Waals surface area contributed by atoms with Crippen molar-refractivity contribution in [3.05, 3.63) is 30.1 Å². The largest absolute Gasteiger partial charge is 0.861 e. The van der Waals surface area contributed by atoms with E-state index in [9.17, 15) is 29.1 Å². The maximum absolute atomic E-state index is 14.2. The van der Waals surface area contributed by atoms with E-state index in [2.05, 4.69) is 26.3 Å². The Kier molecular flexibility index (Phi) is 16.3. The number of amides is 5. The maximum atomic E-state index is 14.2.